The normalized spacial score (nSPS) is 18.3. The van der Waals surface area contributed by atoms with Crippen LogP contribution in [0.3, 0.4) is 0 Å². The highest BCUT2D eigenvalue weighted by Gasteiger charge is 2.46. The van der Waals surface area contributed by atoms with Crippen molar-refractivity contribution in [3.63, 3.8) is 0 Å². The molecular formula is C20H16N4O10S6. The number of amidine groups is 1. The van der Waals surface area contributed by atoms with E-state index in [2.05, 4.69) is 14.1 Å². The lowest BCUT2D eigenvalue weighted by atomic mass is 10.3. The largest absolute Gasteiger partial charge is 0.509 e. The molecule has 0 aliphatic carbocycles. The summed E-state index contributed by atoms with van der Waals surface area (Å²) in [6.07, 6.45) is 1.93. The van der Waals surface area contributed by atoms with Crippen LogP contribution < -0.4 is 9.62 Å². The van der Waals surface area contributed by atoms with Crippen LogP contribution in [0.5, 0.6) is 0 Å². The number of rotatable bonds is 6. The molecule has 0 atom stereocenters. The van der Waals surface area contributed by atoms with Gasteiger partial charge in [-0.2, -0.15) is 8.42 Å². The number of carbonyl (C=O) groups is 1. The summed E-state index contributed by atoms with van der Waals surface area (Å²) in [5.74, 6) is -3.98. The Morgan fingerprint density at radius 1 is 1.05 bits per heavy atom. The molecule has 0 fully saturated rings. The molecule has 0 saturated heterocycles. The summed E-state index contributed by atoms with van der Waals surface area (Å²) in [5, 5.41) is 10.0. The Morgan fingerprint density at radius 3 is 2.40 bits per heavy atom. The van der Waals surface area contributed by atoms with E-state index < -0.39 is 62.0 Å². The van der Waals surface area contributed by atoms with Crippen molar-refractivity contribution in [1.82, 2.24) is 4.98 Å². The minimum Gasteiger partial charge on any atom is -0.509 e. The lowest BCUT2D eigenvalue weighted by Crippen LogP contribution is -2.41. The molecule has 20 heteroatoms. The first-order chi connectivity index (χ1) is 18.4. The van der Waals surface area contributed by atoms with Gasteiger partial charge in [0.1, 0.15) is 11.5 Å². The number of benzene rings is 2. The van der Waals surface area contributed by atoms with Crippen LogP contribution in [0.15, 0.2) is 66.1 Å². The molecule has 40 heavy (non-hydrogen) atoms. The van der Waals surface area contributed by atoms with Gasteiger partial charge in [0.05, 0.1) is 30.6 Å². The molecule has 2 aliphatic heterocycles. The summed E-state index contributed by atoms with van der Waals surface area (Å²) >= 11 is 1.48. The lowest BCUT2D eigenvalue weighted by Gasteiger charge is -2.23. The Hall–Kier alpha value is -3.04. The first kappa shape index (κ1) is 28.5. The van der Waals surface area contributed by atoms with Crippen molar-refractivity contribution in [3.8, 4) is 0 Å². The van der Waals surface area contributed by atoms with Crippen molar-refractivity contribution in [2.75, 3.05) is 27.9 Å². The fraction of sp³-hybridized carbons (Fsp3) is 0.150. The van der Waals surface area contributed by atoms with Crippen LogP contribution in [-0.4, -0.2) is 73.1 Å². The monoisotopic (exact) mass is 664 g/mol. The number of nitrogens with zero attached hydrogens (tertiary/aromatic N) is 3. The van der Waals surface area contributed by atoms with Gasteiger partial charge in [0.2, 0.25) is 10.0 Å². The molecular weight excluding hydrogens is 649 g/mol. The van der Waals surface area contributed by atoms with E-state index in [9.17, 15) is 43.6 Å². The van der Waals surface area contributed by atoms with Gasteiger partial charge >= 0.3 is 0 Å². The molecule has 0 bridgehead atoms. The van der Waals surface area contributed by atoms with Gasteiger partial charge in [-0.15, -0.1) is 4.40 Å². The molecule has 0 radical (unpaired) electrons. The van der Waals surface area contributed by atoms with Crippen molar-refractivity contribution in [2.24, 2.45) is 4.40 Å². The number of aliphatic hydroxyl groups excluding tert-OH is 1. The molecule has 14 nitrogen and oxygen atoms in total. The zero-order valence-corrected chi connectivity index (χ0v) is 25.0. The van der Waals surface area contributed by atoms with E-state index in [0.717, 1.165) is 28.7 Å². The number of sulfone groups is 2. The molecule has 0 saturated carbocycles. The lowest BCUT2D eigenvalue weighted by molar-refractivity contribution is -0.113. The number of thioether (sulfide) groups is 1. The quantitative estimate of drug-likeness (QED) is 0.283. The van der Waals surface area contributed by atoms with Crippen molar-refractivity contribution >= 4 is 94.9 Å². The number of fused-ring (bicyclic) bond motifs is 4. The number of aliphatic hydroxyl groups is 1. The predicted molar refractivity (Wildman–Crippen MR) is 149 cm³/mol. The maximum atomic E-state index is 13.3. The van der Waals surface area contributed by atoms with E-state index >= 15 is 0 Å². The molecule has 1 amide bonds. The van der Waals surface area contributed by atoms with E-state index in [4.69, 9.17) is 0 Å². The van der Waals surface area contributed by atoms with Gasteiger partial charge in [-0.3, -0.25) is 14.4 Å². The summed E-state index contributed by atoms with van der Waals surface area (Å²) in [7, 11) is -16.7. The van der Waals surface area contributed by atoms with Crippen LogP contribution in [0.1, 0.15) is 0 Å². The minimum absolute atomic E-state index is 0.000737. The van der Waals surface area contributed by atoms with Crippen LogP contribution >= 0.6 is 23.1 Å². The van der Waals surface area contributed by atoms with E-state index in [-0.39, 0.29) is 36.2 Å². The Labute approximate surface area is 236 Å². The number of carbonyl (C=O) groups excluding carboxylic acids is 1. The molecule has 212 valence electrons. The molecule has 0 spiro atoms. The maximum Gasteiger partial charge on any atom is 0.293 e. The number of aromatic nitrogens is 1. The highest BCUT2D eigenvalue weighted by atomic mass is 32.2. The first-order valence-electron chi connectivity index (χ1n) is 10.6. The van der Waals surface area contributed by atoms with Crippen LogP contribution in [0.25, 0.3) is 10.2 Å². The molecule has 1 aromatic heterocycles. The third kappa shape index (κ3) is 5.09. The second-order valence-corrected chi connectivity index (χ2v) is 17.8. The van der Waals surface area contributed by atoms with Crippen LogP contribution in [-0.2, 0) is 44.5 Å². The molecule has 2 N–H and O–H groups in total. The summed E-state index contributed by atoms with van der Waals surface area (Å²) in [6.45, 7) is 0. The average Bonchev–Trinajstić information content (AvgIpc) is 3.35. The maximum absolute atomic E-state index is 13.3. The summed E-state index contributed by atoms with van der Waals surface area (Å²) in [5.41, 5.74) is 0.180. The second-order valence-electron chi connectivity index (χ2n) is 8.53. The minimum atomic E-state index is -4.88. The van der Waals surface area contributed by atoms with Gasteiger partial charge < -0.3 is 5.11 Å². The number of hydrogen-bond acceptors (Lipinski definition) is 13. The standard InChI is InChI=1S/C20H16N4O10S6/c1-37(27,28)10-6-7-14-11(8-10)21-19(35-14)22-39(31,32)9-13(25)17-18(26)24-12-4-3-5-15(38(2,29)30)16(12)36-20(24)23-40(17,33)34/h3-8,25H,9H2,1-2H3,(H,21,22)/b17-13+. The fourth-order valence-electron chi connectivity index (χ4n) is 3.80. The Morgan fingerprint density at radius 2 is 1.75 bits per heavy atom. The van der Waals surface area contributed by atoms with Crippen LogP contribution in [0.4, 0.5) is 10.8 Å². The first-order valence-corrected chi connectivity index (χ1v) is 19.1. The van der Waals surface area contributed by atoms with Crippen molar-refractivity contribution in [1.29, 1.82) is 0 Å². The zero-order chi connectivity index (χ0) is 29.4. The van der Waals surface area contributed by atoms with Gasteiger partial charge in [0.25, 0.3) is 15.9 Å². The number of amides is 1. The number of nitrogens with one attached hydrogen (secondary N) is 1. The van der Waals surface area contributed by atoms with Gasteiger partial charge in [-0.05, 0) is 42.1 Å². The SMILES string of the molecule is CS(=O)(=O)c1ccc2sc(NS(=O)(=O)C/C(O)=C3/C(=O)N4C(=NS3(=O)=O)Sc3c4cccc3S(C)(=O)=O)nc2c1. The second kappa shape index (κ2) is 9.24. The number of hydrogen-bond donors (Lipinski definition) is 2. The van der Waals surface area contributed by atoms with Gasteiger partial charge in [0.15, 0.2) is 34.9 Å². The molecule has 3 heterocycles. The number of anilines is 2. The molecule has 2 aromatic carbocycles. The Kier molecular flexibility index (Phi) is 6.58. The smallest absolute Gasteiger partial charge is 0.293 e. The molecule has 2 aliphatic rings. The van der Waals surface area contributed by atoms with Crippen molar-refractivity contribution < 1.29 is 43.6 Å². The van der Waals surface area contributed by atoms with Crippen LogP contribution in [0, 0.1) is 0 Å². The highest BCUT2D eigenvalue weighted by molar-refractivity contribution is 8.16. The average molecular weight is 665 g/mol. The van der Waals surface area contributed by atoms with Gasteiger partial charge in [0, 0.05) is 12.5 Å². The molecule has 3 aromatic rings. The van der Waals surface area contributed by atoms with Gasteiger partial charge in [-0.1, -0.05) is 17.4 Å². The third-order valence-corrected chi connectivity index (χ3v) is 12.6. The fourth-order valence-corrected chi connectivity index (χ4v) is 10.4. The topological polar surface area (TPSA) is 214 Å². The number of thiazole rings is 1. The van der Waals surface area contributed by atoms with E-state index in [1.807, 2.05) is 0 Å². The van der Waals surface area contributed by atoms with Crippen molar-refractivity contribution in [2.45, 2.75) is 14.7 Å². The summed E-state index contributed by atoms with van der Waals surface area (Å²) in [6, 6.07) is 7.98. The van der Waals surface area contributed by atoms with Crippen molar-refractivity contribution in [3.05, 3.63) is 47.1 Å². The Balaban J connectivity index is 1.48. The zero-order valence-electron chi connectivity index (χ0n) is 20.1. The predicted octanol–water partition coefficient (Wildman–Crippen LogP) is 1.45. The number of sulfonamides is 2. The van der Waals surface area contributed by atoms with Crippen LogP contribution in [0.2, 0.25) is 0 Å². The van der Waals surface area contributed by atoms with E-state index in [1.54, 1.807) is 0 Å². The Bertz CT molecular complexity index is 2150. The molecule has 5 rings (SSSR count). The third-order valence-electron chi connectivity index (χ3n) is 5.46. The van der Waals surface area contributed by atoms with Gasteiger partial charge in [-0.25, -0.2) is 30.2 Å². The summed E-state index contributed by atoms with van der Waals surface area (Å²) < 4.78 is 105. The van der Waals surface area contributed by atoms with E-state index in [1.165, 1.54) is 36.4 Å². The van der Waals surface area contributed by atoms with E-state index in [0.29, 0.717) is 16.5 Å². The summed E-state index contributed by atoms with van der Waals surface area (Å²) in [4.78, 5) is 16.7. The molecule has 0 unspecified atom stereocenters. The highest BCUT2D eigenvalue weighted by Crippen LogP contribution is 2.47.